The smallest absolute Gasteiger partial charge is 0.167 e. The molecule has 0 bridgehead atoms. The molecule has 0 unspecified atom stereocenters. The van der Waals surface area contributed by atoms with Gasteiger partial charge in [0.05, 0.1) is 0 Å². The Balaban J connectivity index is 3.03. The molecule has 98 valence electrons. The molecule has 19 heavy (non-hydrogen) atoms. The number of hydrogen-bond acceptors (Lipinski definition) is 2. The van der Waals surface area contributed by atoms with Crippen molar-refractivity contribution in [3.63, 3.8) is 0 Å². The SMILES string of the molecule is C=C/C(C)=C(\C=C)C(=O)Cc1ccccc1CC=O. The second kappa shape index (κ2) is 7.27. The summed E-state index contributed by atoms with van der Waals surface area (Å²) in [5.41, 5.74) is 3.17. The Morgan fingerprint density at radius 1 is 1.16 bits per heavy atom. The van der Waals surface area contributed by atoms with E-state index in [9.17, 15) is 9.59 Å². The molecule has 2 heteroatoms. The highest BCUT2D eigenvalue weighted by Crippen LogP contribution is 2.15. The molecule has 2 nitrogen and oxygen atoms in total. The van der Waals surface area contributed by atoms with Crippen molar-refractivity contribution in [1.82, 2.24) is 0 Å². The van der Waals surface area contributed by atoms with Crippen LogP contribution >= 0.6 is 0 Å². The molecule has 1 aromatic rings. The van der Waals surface area contributed by atoms with Gasteiger partial charge < -0.3 is 4.79 Å². The van der Waals surface area contributed by atoms with E-state index in [0.717, 1.165) is 23.0 Å². The molecule has 0 atom stereocenters. The number of ketones is 1. The molecule has 0 spiro atoms. The monoisotopic (exact) mass is 254 g/mol. The Hall–Kier alpha value is -2.22. The van der Waals surface area contributed by atoms with Crippen molar-refractivity contribution in [3.8, 4) is 0 Å². The summed E-state index contributed by atoms with van der Waals surface area (Å²) in [6.45, 7) is 9.16. The van der Waals surface area contributed by atoms with Gasteiger partial charge in [0.1, 0.15) is 6.29 Å². The Labute approximate surface area is 114 Å². The largest absolute Gasteiger partial charge is 0.303 e. The van der Waals surface area contributed by atoms with E-state index in [4.69, 9.17) is 0 Å². The van der Waals surface area contributed by atoms with Gasteiger partial charge in [0, 0.05) is 18.4 Å². The molecule has 0 fully saturated rings. The molecule has 0 aliphatic carbocycles. The van der Waals surface area contributed by atoms with Crippen LogP contribution in [0.5, 0.6) is 0 Å². The molecular weight excluding hydrogens is 236 g/mol. The van der Waals surface area contributed by atoms with E-state index >= 15 is 0 Å². The number of carbonyl (C=O) groups is 2. The molecule has 0 N–H and O–H groups in total. The lowest BCUT2D eigenvalue weighted by atomic mass is 9.95. The zero-order chi connectivity index (χ0) is 14.3. The van der Waals surface area contributed by atoms with Gasteiger partial charge in [-0.05, 0) is 23.6 Å². The molecular formula is C17H18O2. The summed E-state index contributed by atoms with van der Waals surface area (Å²) < 4.78 is 0. The summed E-state index contributed by atoms with van der Waals surface area (Å²) in [5.74, 6) is -0.00857. The minimum absolute atomic E-state index is 0.00857. The van der Waals surface area contributed by atoms with Gasteiger partial charge in [0.2, 0.25) is 0 Å². The van der Waals surface area contributed by atoms with Gasteiger partial charge in [0.15, 0.2) is 5.78 Å². The highest BCUT2D eigenvalue weighted by Gasteiger charge is 2.11. The van der Waals surface area contributed by atoms with E-state index in [0.29, 0.717) is 12.0 Å². The van der Waals surface area contributed by atoms with Crippen LogP contribution < -0.4 is 0 Å². The maximum Gasteiger partial charge on any atom is 0.167 e. The fourth-order valence-corrected chi connectivity index (χ4v) is 1.89. The predicted molar refractivity (Wildman–Crippen MR) is 78.0 cm³/mol. The van der Waals surface area contributed by atoms with Crippen LogP contribution in [0.3, 0.4) is 0 Å². The van der Waals surface area contributed by atoms with E-state index in [1.54, 1.807) is 12.2 Å². The third kappa shape index (κ3) is 3.88. The van der Waals surface area contributed by atoms with E-state index < -0.39 is 0 Å². The Morgan fingerprint density at radius 3 is 2.32 bits per heavy atom. The van der Waals surface area contributed by atoms with Gasteiger partial charge in [-0.15, -0.1) is 0 Å². The normalized spacial score (nSPS) is 11.4. The van der Waals surface area contributed by atoms with Crippen molar-refractivity contribution in [2.24, 2.45) is 0 Å². The first-order valence-corrected chi connectivity index (χ1v) is 6.13. The van der Waals surface area contributed by atoms with Gasteiger partial charge in [-0.3, -0.25) is 4.79 Å². The fraction of sp³-hybridized carbons (Fsp3) is 0.176. The number of Topliss-reactive ketones (excluding diaryl/α,β-unsaturated/α-hetero) is 1. The number of rotatable bonds is 7. The van der Waals surface area contributed by atoms with E-state index in [-0.39, 0.29) is 12.2 Å². The van der Waals surface area contributed by atoms with Crippen LogP contribution in [-0.2, 0) is 22.4 Å². The molecule has 0 aliphatic rings. The van der Waals surface area contributed by atoms with E-state index in [2.05, 4.69) is 13.2 Å². The second-order valence-corrected chi connectivity index (χ2v) is 4.24. The average Bonchev–Trinajstić information content (AvgIpc) is 2.41. The highest BCUT2D eigenvalue weighted by atomic mass is 16.1. The van der Waals surface area contributed by atoms with Gasteiger partial charge in [0.25, 0.3) is 0 Å². The summed E-state index contributed by atoms with van der Waals surface area (Å²) in [6.07, 6.45) is 4.66. The highest BCUT2D eigenvalue weighted by molar-refractivity contribution is 6.00. The molecule has 0 heterocycles. The second-order valence-electron chi connectivity index (χ2n) is 4.24. The minimum Gasteiger partial charge on any atom is -0.303 e. The van der Waals surface area contributed by atoms with Crippen LogP contribution in [0.4, 0.5) is 0 Å². The summed E-state index contributed by atoms with van der Waals surface area (Å²) in [4.78, 5) is 22.9. The van der Waals surface area contributed by atoms with Crippen LogP contribution in [0.25, 0.3) is 0 Å². The first kappa shape index (κ1) is 14.8. The minimum atomic E-state index is -0.00857. The molecule has 1 rings (SSSR count). The zero-order valence-corrected chi connectivity index (χ0v) is 11.2. The summed E-state index contributed by atoms with van der Waals surface area (Å²) in [5, 5.41) is 0. The molecule has 0 aliphatic heterocycles. The lowest BCUT2D eigenvalue weighted by Gasteiger charge is -2.08. The number of allylic oxidation sites excluding steroid dienone is 4. The Bertz CT molecular complexity index is 536. The summed E-state index contributed by atoms with van der Waals surface area (Å²) >= 11 is 0. The number of hydrogen-bond donors (Lipinski definition) is 0. The van der Waals surface area contributed by atoms with Gasteiger partial charge in [-0.2, -0.15) is 0 Å². The third-order valence-corrected chi connectivity index (χ3v) is 3.01. The molecule has 1 aromatic carbocycles. The van der Waals surface area contributed by atoms with Crippen LogP contribution in [0.15, 0.2) is 60.7 Å². The molecule has 0 saturated carbocycles. The van der Waals surface area contributed by atoms with Crippen molar-refractivity contribution in [1.29, 1.82) is 0 Å². The Morgan fingerprint density at radius 2 is 1.79 bits per heavy atom. The van der Waals surface area contributed by atoms with Gasteiger partial charge in [-0.1, -0.05) is 49.6 Å². The maximum atomic E-state index is 12.2. The average molecular weight is 254 g/mol. The topological polar surface area (TPSA) is 34.1 Å². The number of carbonyl (C=O) groups excluding carboxylic acids is 2. The first-order chi connectivity index (χ1) is 9.13. The van der Waals surface area contributed by atoms with Crippen molar-refractivity contribution in [2.75, 3.05) is 0 Å². The lowest BCUT2D eigenvalue weighted by molar-refractivity contribution is -0.114. The van der Waals surface area contributed by atoms with Crippen LogP contribution in [0, 0.1) is 0 Å². The molecule has 0 amide bonds. The van der Waals surface area contributed by atoms with Gasteiger partial charge in [-0.25, -0.2) is 0 Å². The van der Waals surface area contributed by atoms with Crippen LogP contribution in [-0.4, -0.2) is 12.1 Å². The predicted octanol–water partition coefficient (Wildman–Crippen LogP) is 3.23. The zero-order valence-electron chi connectivity index (χ0n) is 11.2. The fourth-order valence-electron chi connectivity index (χ4n) is 1.89. The van der Waals surface area contributed by atoms with Crippen molar-refractivity contribution < 1.29 is 9.59 Å². The van der Waals surface area contributed by atoms with Crippen molar-refractivity contribution in [3.05, 3.63) is 71.8 Å². The maximum absolute atomic E-state index is 12.2. The Kier molecular flexibility index (Phi) is 5.68. The van der Waals surface area contributed by atoms with Crippen LogP contribution in [0.2, 0.25) is 0 Å². The molecule has 0 radical (unpaired) electrons. The van der Waals surface area contributed by atoms with Crippen molar-refractivity contribution >= 4 is 12.1 Å². The number of benzene rings is 1. The van der Waals surface area contributed by atoms with Gasteiger partial charge >= 0.3 is 0 Å². The quantitative estimate of drug-likeness (QED) is 0.425. The number of aldehydes is 1. The van der Waals surface area contributed by atoms with Crippen LogP contribution in [0.1, 0.15) is 18.1 Å². The lowest BCUT2D eigenvalue weighted by Crippen LogP contribution is -2.08. The molecule has 0 aromatic heterocycles. The van der Waals surface area contributed by atoms with E-state index in [1.165, 1.54) is 0 Å². The standard InChI is InChI=1S/C17H18O2/c1-4-13(3)16(5-2)17(19)12-15-9-7-6-8-14(15)10-11-18/h4-9,11H,1-2,10,12H2,3H3/b16-13+. The molecule has 0 saturated heterocycles. The summed E-state index contributed by atoms with van der Waals surface area (Å²) in [7, 11) is 0. The third-order valence-electron chi connectivity index (χ3n) is 3.01. The summed E-state index contributed by atoms with van der Waals surface area (Å²) in [6, 6.07) is 7.48. The van der Waals surface area contributed by atoms with Crippen molar-refractivity contribution in [2.45, 2.75) is 19.8 Å². The first-order valence-electron chi connectivity index (χ1n) is 6.13. The van der Waals surface area contributed by atoms with E-state index in [1.807, 2.05) is 31.2 Å².